The van der Waals surface area contributed by atoms with Crippen LogP contribution < -0.4 is 22.9 Å². The van der Waals surface area contributed by atoms with Crippen LogP contribution in [0.4, 0.5) is 0 Å². The number of carbonyl (C=O) groups excluding carboxylic acids is 2. The number of amides is 2. The van der Waals surface area contributed by atoms with E-state index in [1.54, 1.807) is 0 Å². The van der Waals surface area contributed by atoms with Crippen LogP contribution in [0.5, 0.6) is 0 Å². The van der Waals surface area contributed by atoms with Crippen molar-refractivity contribution in [3.63, 3.8) is 0 Å². The molecule has 10 nitrogen and oxygen atoms in total. The molecule has 0 spiro atoms. The van der Waals surface area contributed by atoms with Gasteiger partial charge in [0.15, 0.2) is 0 Å². The standard InChI is InChI=1S/2C4H8N2O3.Cu/c2*5-2(4(8)9)1-3(6)7;/h2*2H,1,5H2,(H2,6,7)(H,8,9);/t2*2-;/m00./s1. The van der Waals surface area contributed by atoms with Gasteiger partial charge < -0.3 is 33.1 Å². The van der Waals surface area contributed by atoms with E-state index in [-0.39, 0.29) is 29.9 Å². The Kier molecular flexibility index (Phi) is 13.5. The summed E-state index contributed by atoms with van der Waals surface area (Å²) in [4.78, 5) is 39.8. The molecule has 11 heteroatoms. The predicted octanol–water partition coefficient (Wildman–Crippen LogP) is -3.46. The Balaban J connectivity index is -0.000000256. The number of aliphatic carboxylic acids is 2. The van der Waals surface area contributed by atoms with Crippen molar-refractivity contribution in [3.8, 4) is 0 Å². The number of carbonyl (C=O) groups is 4. The topological polar surface area (TPSA) is 213 Å². The molecule has 0 aromatic heterocycles. The summed E-state index contributed by atoms with van der Waals surface area (Å²) in [7, 11) is 0. The molecular formula is C8H16CuN4O6. The summed E-state index contributed by atoms with van der Waals surface area (Å²) in [6.45, 7) is 0. The molecule has 2 atom stereocenters. The van der Waals surface area contributed by atoms with Crippen molar-refractivity contribution in [1.29, 1.82) is 0 Å². The second kappa shape index (κ2) is 11.4. The summed E-state index contributed by atoms with van der Waals surface area (Å²) >= 11 is 0. The fraction of sp³-hybridized carbons (Fsp3) is 0.500. The van der Waals surface area contributed by atoms with Crippen LogP contribution in [0.25, 0.3) is 0 Å². The third kappa shape index (κ3) is 16.3. The van der Waals surface area contributed by atoms with Gasteiger partial charge in [-0.05, 0) is 0 Å². The van der Waals surface area contributed by atoms with E-state index >= 15 is 0 Å². The number of hydrogen-bond donors (Lipinski definition) is 6. The van der Waals surface area contributed by atoms with E-state index < -0.39 is 35.8 Å². The first-order valence-electron chi connectivity index (χ1n) is 4.61. The third-order valence-corrected chi connectivity index (χ3v) is 1.48. The van der Waals surface area contributed by atoms with Gasteiger partial charge in [-0.2, -0.15) is 0 Å². The summed E-state index contributed by atoms with van der Waals surface area (Å²) in [6, 6.07) is -2.33. The molecule has 0 aromatic carbocycles. The van der Waals surface area contributed by atoms with Gasteiger partial charge in [0.2, 0.25) is 11.8 Å². The Morgan fingerprint density at radius 3 is 1.05 bits per heavy atom. The number of primary amides is 2. The van der Waals surface area contributed by atoms with Crippen LogP contribution in [0.3, 0.4) is 0 Å². The van der Waals surface area contributed by atoms with E-state index in [0.717, 1.165) is 0 Å². The van der Waals surface area contributed by atoms with Crippen LogP contribution in [0.2, 0.25) is 0 Å². The number of carboxylic acids is 2. The van der Waals surface area contributed by atoms with E-state index in [1.807, 2.05) is 0 Å². The van der Waals surface area contributed by atoms with Crippen LogP contribution in [0, 0.1) is 0 Å². The van der Waals surface area contributed by atoms with Crippen LogP contribution in [-0.4, -0.2) is 46.0 Å². The van der Waals surface area contributed by atoms with Gasteiger partial charge in [0.1, 0.15) is 12.1 Å². The maximum Gasteiger partial charge on any atom is 0.321 e. The van der Waals surface area contributed by atoms with E-state index in [2.05, 4.69) is 11.5 Å². The smallest absolute Gasteiger partial charge is 0.321 e. The van der Waals surface area contributed by atoms with Gasteiger partial charge in [-0.3, -0.25) is 19.2 Å². The molecule has 0 aliphatic rings. The monoisotopic (exact) mass is 327 g/mol. The SMILES string of the molecule is NC(=O)C[C@H](N)C(=O)O.NC(=O)C[C@H](N)C(=O)O.[Cu]. The van der Waals surface area contributed by atoms with Crippen LogP contribution in [0.15, 0.2) is 0 Å². The Morgan fingerprint density at radius 2 is 1.00 bits per heavy atom. The van der Waals surface area contributed by atoms with Gasteiger partial charge in [0.05, 0.1) is 12.8 Å². The molecular weight excluding hydrogens is 312 g/mol. The minimum Gasteiger partial charge on any atom is -0.480 e. The van der Waals surface area contributed by atoms with E-state index in [1.165, 1.54) is 0 Å². The van der Waals surface area contributed by atoms with Crippen molar-refractivity contribution < 1.29 is 46.5 Å². The Labute approximate surface area is 118 Å². The fourth-order valence-electron chi connectivity index (χ4n) is 0.608. The fourth-order valence-corrected chi connectivity index (χ4v) is 0.608. The zero-order valence-electron chi connectivity index (χ0n) is 9.71. The molecule has 19 heavy (non-hydrogen) atoms. The molecule has 10 N–H and O–H groups in total. The summed E-state index contributed by atoms with van der Waals surface area (Å²) < 4.78 is 0. The van der Waals surface area contributed by atoms with Gasteiger partial charge in [-0.25, -0.2) is 0 Å². The molecule has 115 valence electrons. The summed E-state index contributed by atoms with van der Waals surface area (Å²) in [5.41, 5.74) is 19.1. The summed E-state index contributed by atoms with van der Waals surface area (Å²) in [5.74, 6) is -3.84. The molecule has 0 aliphatic heterocycles. The van der Waals surface area contributed by atoms with Crippen molar-refractivity contribution in [1.82, 2.24) is 0 Å². The van der Waals surface area contributed by atoms with E-state index in [9.17, 15) is 19.2 Å². The van der Waals surface area contributed by atoms with Crippen molar-refractivity contribution in [3.05, 3.63) is 0 Å². The Bertz CT molecular complexity index is 305. The summed E-state index contributed by atoms with van der Waals surface area (Å²) in [5, 5.41) is 16.2. The minimum absolute atomic E-state index is 0. The molecule has 0 saturated heterocycles. The maximum atomic E-state index is 9.99. The average Bonchev–Trinajstić information content (AvgIpc) is 2.16. The molecule has 1 radical (unpaired) electrons. The molecule has 0 fully saturated rings. The normalized spacial score (nSPS) is 11.9. The van der Waals surface area contributed by atoms with Gasteiger partial charge in [-0.1, -0.05) is 0 Å². The molecule has 0 aliphatic carbocycles. The van der Waals surface area contributed by atoms with Crippen LogP contribution in [0.1, 0.15) is 12.8 Å². The molecule has 2 amide bonds. The zero-order valence-corrected chi connectivity index (χ0v) is 10.6. The molecule has 0 unspecified atom stereocenters. The molecule has 0 saturated carbocycles. The van der Waals surface area contributed by atoms with Crippen molar-refractivity contribution in [2.75, 3.05) is 0 Å². The van der Waals surface area contributed by atoms with Gasteiger partial charge in [0.25, 0.3) is 0 Å². The average molecular weight is 328 g/mol. The number of nitrogens with two attached hydrogens (primary N) is 4. The van der Waals surface area contributed by atoms with Crippen molar-refractivity contribution in [2.24, 2.45) is 22.9 Å². The second-order valence-corrected chi connectivity index (χ2v) is 3.23. The number of carboxylic acid groups (broad SMARTS) is 2. The maximum absolute atomic E-state index is 9.99. The first-order valence-corrected chi connectivity index (χ1v) is 4.61. The molecule has 0 heterocycles. The second-order valence-electron chi connectivity index (χ2n) is 3.23. The quantitative estimate of drug-likeness (QED) is 0.269. The number of hydrogen-bond acceptors (Lipinski definition) is 6. The van der Waals surface area contributed by atoms with Crippen molar-refractivity contribution >= 4 is 23.8 Å². The van der Waals surface area contributed by atoms with Gasteiger partial charge >= 0.3 is 11.9 Å². The van der Waals surface area contributed by atoms with E-state index in [4.69, 9.17) is 21.7 Å². The predicted molar refractivity (Wildman–Crippen MR) is 58.8 cm³/mol. The summed E-state index contributed by atoms with van der Waals surface area (Å²) in [6.07, 6.45) is -0.620. The molecule has 0 bridgehead atoms. The van der Waals surface area contributed by atoms with Gasteiger partial charge in [-0.15, -0.1) is 0 Å². The Hall–Kier alpha value is -1.68. The van der Waals surface area contributed by atoms with E-state index in [0.29, 0.717) is 0 Å². The molecule has 0 aromatic rings. The molecule has 0 rings (SSSR count). The zero-order chi connectivity index (χ0) is 14.9. The van der Waals surface area contributed by atoms with Crippen molar-refractivity contribution in [2.45, 2.75) is 24.9 Å². The van der Waals surface area contributed by atoms with Crippen LogP contribution >= 0.6 is 0 Å². The minimum atomic E-state index is -1.21. The van der Waals surface area contributed by atoms with Crippen LogP contribution in [-0.2, 0) is 36.2 Å². The Morgan fingerprint density at radius 1 is 0.789 bits per heavy atom. The third-order valence-electron chi connectivity index (χ3n) is 1.48. The largest absolute Gasteiger partial charge is 0.480 e. The van der Waals surface area contributed by atoms with Gasteiger partial charge in [0, 0.05) is 17.1 Å². The number of rotatable bonds is 6. The first kappa shape index (κ1) is 22.5. The first-order chi connectivity index (χ1) is 8.07.